The topological polar surface area (TPSA) is 38.3 Å². The molecule has 1 N–H and O–H groups in total. The molecule has 0 aliphatic heterocycles. The van der Waals surface area contributed by atoms with Crippen LogP contribution in [-0.2, 0) is 13.7 Å². The monoisotopic (exact) mass is 241 g/mol. The molecule has 3 rings (SSSR count). The third-order valence-corrected chi connectivity index (χ3v) is 3.57. The molecule has 0 aliphatic carbocycles. The summed E-state index contributed by atoms with van der Waals surface area (Å²) >= 11 is 0. The Morgan fingerprint density at radius 2 is 2.06 bits per heavy atom. The number of benzene rings is 1. The highest BCUT2D eigenvalue weighted by Crippen LogP contribution is 2.32. The van der Waals surface area contributed by atoms with E-state index in [2.05, 4.69) is 10.6 Å². The van der Waals surface area contributed by atoms with Crippen LogP contribution < -0.4 is 0 Å². The minimum Gasteiger partial charge on any atom is -0.464 e. The van der Waals surface area contributed by atoms with Crippen molar-refractivity contribution in [1.82, 2.24) is 4.57 Å². The van der Waals surface area contributed by atoms with Gasteiger partial charge in [-0.05, 0) is 24.6 Å². The Kier molecular flexibility index (Phi) is 2.49. The molecule has 18 heavy (non-hydrogen) atoms. The molecule has 0 spiro atoms. The van der Waals surface area contributed by atoms with E-state index in [1.54, 1.807) is 6.26 Å². The molecular formula is C15H15NO2. The summed E-state index contributed by atoms with van der Waals surface area (Å²) in [6, 6.07) is 10.00. The van der Waals surface area contributed by atoms with Crippen molar-refractivity contribution in [3.05, 3.63) is 47.9 Å². The maximum absolute atomic E-state index is 9.33. The zero-order valence-electron chi connectivity index (χ0n) is 10.5. The maximum atomic E-state index is 9.33. The van der Waals surface area contributed by atoms with Gasteiger partial charge in [-0.25, -0.2) is 0 Å². The molecule has 2 heterocycles. The lowest BCUT2D eigenvalue weighted by Gasteiger charge is -2.03. The van der Waals surface area contributed by atoms with Gasteiger partial charge in [-0.15, -0.1) is 0 Å². The zero-order chi connectivity index (χ0) is 12.7. The van der Waals surface area contributed by atoms with E-state index in [9.17, 15) is 5.11 Å². The fourth-order valence-electron chi connectivity index (χ4n) is 2.36. The molecule has 0 fully saturated rings. The highest BCUT2D eigenvalue weighted by atomic mass is 16.3. The third kappa shape index (κ3) is 1.48. The van der Waals surface area contributed by atoms with Gasteiger partial charge in [0.05, 0.1) is 12.3 Å². The fourth-order valence-corrected chi connectivity index (χ4v) is 2.36. The van der Waals surface area contributed by atoms with Gasteiger partial charge in [-0.1, -0.05) is 18.2 Å². The SMILES string of the molecule is Cc1c(CO)cc(-c2coc3ccccc23)n1C. The summed E-state index contributed by atoms with van der Waals surface area (Å²) in [5.41, 5.74) is 5.06. The van der Waals surface area contributed by atoms with Crippen molar-refractivity contribution in [3.8, 4) is 11.3 Å². The Hall–Kier alpha value is -2.00. The van der Waals surface area contributed by atoms with Crippen LogP contribution in [0.4, 0.5) is 0 Å². The summed E-state index contributed by atoms with van der Waals surface area (Å²) < 4.78 is 7.65. The second-order valence-electron chi connectivity index (χ2n) is 4.50. The smallest absolute Gasteiger partial charge is 0.134 e. The van der Waals surface area contributed by atoms with Crippen LogP contribution in [-0.4, -0.2) is 9.67 Å². The van der Waals surface area contributed by atoms with Gasteiger partial charge in [0.1, 0.15) is 11.8 Å². The molecule has 1 aromatic carbocycles. The van der Waals surface area contributed by atoms with Gasteiger partial charge in [0, 0.05) is 23.7 Å². The molecule has 0 amide bonds. The number of aliphatic hydroxyl groups excluding tert-OH is 1. The van der Waals surface area contributed by atoms with Crippen molar-refractivity contribution in [1.29, 1.82) is 0 Å². The Labute approximate surface area is 105 Å². The van der Waals surface area contributed by atoms with Gasteiger partial charge in [-0.3, -0.25) is 0 Å². The maximum Gasteiger partial charge on any atom is 0.134 e. The second-order valence-corrected chi connectivity index (χ2v) is 4.50. The summed E-state index contributed by atoms with van der Waals surface area (Å²) in [5.74, 6) is 0. The van der Waals surface area contributed by atoms with Gasteiger partial charge in [0.15, 0.2) is 0 Å². The Morgan fingerprint density at radius 3 is 2.78 bits per heavy atom. The van der Waals surface area contributed by atoms with E-state index in [0.29, 0.717) is 0 Å². The van der Waals surface area contributed by atoms with E-state index >= 15 is 0 Å². The van der Waals surface area contributed by atoms with Crippen molar-refractivity contribution in [2.24, 2.45) is 7.05 Å². The number of aliphatic hydroxyl groups is 1. The van der Waals surface area contributed by atoms with Crippen molar-refractivity contribution in [2.45, 2.75) is 13.5 Å². The van der Waals surface area contributed by atoms with Gasteiger partial charge in [0.2, 0.25) is 0 Å². The minimum atomic E-state index is 0.0649. The van der Waals surface area contributed by atoms with Crippen LogP contribution in [0.25, 0.3) is 22.2 Å². The molecule has 2 aromatic heterocycles. The summed E-state index contributed by atoms with van der Waals surface area (Å²) in [5, 5.41) is 10.4. The lowest BCUT2D eigenvalue weighted by atomic mass is 10.1. The van der Waals surface area contributed by atoms with Crippen LogP contribution in [0, 0.1) is 6.92 Å². The zero-order valence-corrected chi connectivity index (χ0v) is 10.5. The highest BCUT2D eigenvalue weighted by Gasteiger charge is 2.14. The molecule has 0 unspecified atom stereocenters. The molecular weight excluding hydrogens is 226 g/mol. The summed E-state index contributed by atoms with van der Waals surface area (Å²) in [6.07, 6.45) is 1.78. The molecule has 92 valence electrons. The normalized spacial score (nSPS) is 11.3. The van der Waals surface area contributed by atoms with Gasteiger partial charge < -0.3 is 14.1 Å². The van der Waals surface area contributed by atoms with E-state index in [-0.39, 0.29) is 6.61 Å². The van der Waals surface area contributed by atoms with Gasteiger partial charge >= 0.3 is 0 Å². The molecule has 3 nitrogen and oxygen atoms in total. The predicted molar refractivity (Wildman–Crippen MR) is 71.3 cm³/mol. The van der Waals surface area contributed by atoms with Crippen LogP contribution in [0.2, 0.25) is 0 Å². The van der Waals surface area contributed by atoms with Crippen molar-refractivity contribution in [3.63, 3.8) is 0 Å². The first-order valence-corrected chi connectivity index (χ1v) is 5.95. The van der Waals surface area contributed by atoms with Crippen LogP contribution in [0.1, 0.15) is 11.3 Å². The Bertz CT molecular complexity index is 706. The van der Waals surface area contributed by atoms with E-state index < -0.39 is 0 Å². The van der Waals surface area contributed by atoms with E-state index in [4.69, 9.17) is 4.42 Å². The standard InChI is InChI=1S/C15H15NO2/c1-10-11(8-17)7-14(16(10)2)13-9-18-15-6-4-3-5-12(13)15/h3-7,9,17H,8H2,1-2H3. The molecule has 0 aliphatic rings. The lowest BCUT2D eigenvalue weighted by Crippen LogP contribution is -1.94. The first kappa shape index (κ1) is 11.1. The average Bonchev–Trinajstić information content (AvgIpc) is 2.93. The number of hydrogen-bond acceptors (Lipinski definition) is 2. The van der Waals surface area contributed by atoms with E-state index in [0.717, 1.165) is 33.5 Å². The number of fused-ring (bicyclic) bond motifs is 1. The minimum absolute atomic E-state index is 0.0649. The van der Waals surface area contributed by atoms with Crippen LogP contribution in [0.3, 0.4) is 0 Å². The van der Waals surface area contributed by atoms with E-state index in [1.165, 1.54) is 0 Å². The summed E-state index contributed by atoms with van der Waals surface area (Å²) in [6.45, 7) is 2.08. The molecule has 3 heteroatoms. The van der Waals surface area contributed by atoms with Crippen LogP contribution in [0.15, 0.2) is 41.0 Å². The molecule has 0 atom stereocenters. The number of nitrogens with zero attached hydrogens (tertiary/aromatic N) is 1. The molecule has 3 aromatic rings. The molecule has 0 bridgehead atoms. The van der Waals surface area contributed by atoms with E-state index in [1.807, 2.05) is 38.2 Å². The van der Waals surface area contributed by atoms with Crippen molar-refractivity contribution < 1.29 is 9.52 Å². The van der Waals surface area contributed by atoms with Crippen molar-refractivity contribution in [2.75, 3.05) is 0 Å². The van der Waals surface area contributed by atoms with Crippen LogP contribution >= 0.6 is 0 Å². The number of hydrogen-bond donors (Lipinski definition) is 1. The largest absolute Gasteiger partial charge is 0.464 e. The molecule has 0 saturated carbocycles. The quantitative estimate of drug-likeness (QED) is 0.748. The average molecular weight is 241 g/mol. The number of para-hydroxylation sites is 1. The number of furan rings is 1. The Morgan fingerprint density at radius 1 is 1.28 bits per heavy atom. The van der Waals surface area contributed by atoms with Crippen molar-refractivity contribution >= 4 is 11.0 Å². The second kappa shape index (κ2) is 4.03. The van der Waals surface area contributed by atoms with Crippen LogP contribution in [0.5, 0.6) is 0 Å². The summed E-state index contributed by atoms with van der Waals surface area (Å²) in [7, 11) is 2.01. The highest BCUT2D eigenvalue weighted by molar-refractivity contribution is 5.93. The fraction of sp³-hybridized carbons (Fsp3) is 0.200. The molecule has 0 saturated heterocycles. The van der Waals surface area contributed by atoms with Gasteiger partial charge in [0.25, 0.3) is 0 Å². The summed E-state index contributed by atoms with van der Waals surface area (Å²) in [4.78, 5) is 0. The third-order valence-electron chi connectivity index (χ3n) is 3.57. The lowest BCUT2D eigenvalue weighted by molar-refractivity contribution is 0.281. The number of rotatable bonds is 2. The predicted octanol–water partition coefficient (Wildman–Crippen LogP) is 3.24. The number of aromatic nitrogens is 1. The first-order valence-electron chi connectivity index (χ1n) is 5.95. The molecule has 0 radical (unpaired) electrons. The van der Waals surface area contributed by atoms with Gasteiger partial charge in [-0.2, -0.15) is 0 Å². The Balaban J connectivity index is 2.26. The first-order chi connectivity index (χ1) is 8.72.